The van der Waals surface area contributed by atoms with Gasteiger partial charge in [-0.2, -0.15) is 0 Å². The van der Waals surface area contributed by atoms with Crippen LogP contribution < -0.4 is 14.2 Å². The Morgan fingerprint density at radius 2 is 1.47 bits per heavy atom. The van der Waals surface area contributed by atoms with E-state index in [4.69, 9.17) is 14.2 Å². The van der Waals surface area contributed by atoms with E-state index >= 15 is 0 Å². The minimum absolute atomic E-state index is 0.0365. The van der Waals surface area contributed by atoms with Crippen molar-refractivity contribution >= 4 is 11.8 Å². The zero-order chi connectivity index (χ0) is 24.1. The third-order valence-electron chi connectivity index (χ3n) is 5.53. The molecule has 0 saturated carbocycles. The fourth-order valence-corrected chi connectivity index (χ4v) is 4.20. The second-order valence-corrected chi connectivity index (χ2v) is 8.45. The normalized spacial score (nSPS) is 10.7. The Morgan fingerprint density at radius 1 is 0.765 bits per heavy atom. The molecule has 174 valence electrons. The van der Waals surface area contributed by atoms with Gasteiger partial charge in [-0.25, -0.2) is 0 Å². The number of ether oxygens (including phenoxy) is 3. The molecular weight excluding hydrogens is 448 g/mol. The Kier molecular flexibility index (Phi) is 7.18. The largest absolute Gasteiger partial charge is 0.504 e. The summed E-state index contributed by atoms with van der Waals surface area (Å²) >= 11 is 1.66. The average Bonchev–Trinajstić information content (AvgIpc) is 2.88. The van der Waals surface area contributed by atoms with Crippen LogP contribution in [-0.2, 0) is 6.61 Å². The fourth-order valence-electron chi connectivity index (χ4n) is 3.79. The summed E-state index contributed by atoms with van der Waals surface area (Å²) in [6, 6.07) is 24.5. The second kappa shape index (κ2) is 10.4. The summed E-state index contributed by atoms with van der Waals surface area (Å²) in [5, 5.41) is 21.8. The maximum Gasteiger partial charge on any atom is 0.170 e. The van der Waals surface area contributed by atoms with Crippen LogP contribution in [0.4, 0.5) is 0 Å². The number of hydrogen-bond acceptors (Lipinski definition) is 6. The highest BCUT2D eigenvalue weighted by Crippen LogP contribution is 2.50. The van der Waals surface area contributed by atoms with Gasteiger partial charge < -0.3 is 24.4 Å². The molecule has 4 rings (SSSR count). The van der Waals surface area contributed by atoms with Gasteiger partial charge in [-0.05, 0) is 53.3 Å². The predicted molar refractivity (Wildman–Crippen MR) is 136 cm³/mol. The van der Waals surface area contributed by atoms with Gasteiger partial charge in [0.05, 0.1) is 19.8 Å². The molecule has 5 nitrogen and oxygen atoms in total. The number of benzene rings is 4. The molecule has 0 aliphatic rings. The smallest absolute Gasteiger partial charge is 0.170 e. The first-order chi connectivity index (χ1) is 16.5. The summed E-state index contributed by atoms with van der Waals surface area (Å²) in [5.41, 5.74) is 3.59. The monoisotopic (exact) mass is 474 g/mol. The van der Waals surface area contributed by atoms with Crippen molar-refractivity contribution in [2.75, 3.05) is 20.5 Å². The molecule has 0 aromatic heterocycles. The molecular formula is C28H26O5S. The highest BCUT2D eigenvalue weighted by atomic mass is 32.2. The summed E-state index contributed by atoms with van der Waals surface area (Å²) in [6.07, 6.45) is 2.02. The van der Waals surface area contributed by atoms with Gasteiger partial charge in [0.25, 0.3) is 0 Å². The van der Waals surface area contributed by atoms with Crippen LogP contribution in [0.1, 0.15) is 5.56 Å². The molecule has 4 aromatic carbocycles. The van der Waals surface area contributed by atoms with Gasteiger partial charge in [0, 0.05) is 10.5 Å². The van der Waals surface area contributed by atoms with Crippen molar-refractivity contribution in [1.29, 1.82) is 0 Å². The summed E-state index contributed by atoms with van der Waals surface area (Å²) < 4.78 is 17.0. The van der Waals surface area contributed by atoms with E-state index in [0.717, 1.165) is 16.0 Å². The molecule has 0 spiro atoms. The molecule has 0 atom stereocenters. The number of rotatable bonds is 8. The molecule has 0 aliphatic heterocycles. The lowest BCUT2D eigenvalue weighted by atomic mass is 9.96. The van der Waals surface area contributed by atoms with Crippen LogP contribution >= 0.6 is 11.8 Å². The van der Waals surface area contributed by atoms with E-state index < -0.39 is 0 Å². The van der Waals surface area contributed by atoms with Crippen LogP contribution in [0.25, 0.3) is 22.3 Å². The molecule has 6 heteroatoms. The summed E-state index contributed by atoms with van der Waals surface area (Å²) in [7, 11) is 3.06. The maximum absolute atomic E-state index is 11.2. The molecule has 0 bridgehead atoms. The van der Waals surface area contributed by atoms with Crippen LogP contribution in [-0.4, -0.2) is 30.7 Å². The number of hydrogen-bond donors (Lipinski definition) is 2. The van der Waals surface area contributed by atoms with E-state index in [1.54, 1.807) is 37.1 Å². The van der Waals surface area contributed by atoms with E-state index in [1.807, 2.05) is 66.9 Å². The van der Waals surface area contributed by atoms with Crippen LogP contribution in [0.5, 0.6) is 28.7 Å². The zero-order valence-corrected chi connectivity index (χ0v) is 20.1. The van der Waals surface area contributed by atoms with Gasteiger partial charge >= 0.3 is 0 Å². The lowest BCUT2D eigenvalue weighted by Gasteiger charge is -2.18. The Balaban J connectivity index is 1.71. The molecule has 0 saturated heterocycles. The van der Waals surface area contributed by atoms with Crippen molar-refractivity contribution in [3.05, 3.63) is 84.4 Å². The van der Waals surface area contributed by atoms with Crippen LogP contribution in [0, 0.1) is 0 Å². The lowest BCUT2D eigenvalue weighted by Crippen LogP contribution is -1.97. The van der Waals surface area contributed by atoms with Crippen molar-refractivity contribution in [1.82, 2.24) is 0 Å². The van der Waals surface area contributed by atoms with Crippen molar-refractivity contribution < 1.29 is 24.4 Å². The highest BCUT2D eigenvalue weighted by Gasteiger charge is 2.22. The van der Waals surface area contributed by atoms with E-state index in [-0.39, 0.29) is 11.5 Å². The topological polar surface area (TPSA) is 68.2 Å². The summed E-state index contributed by atoms with van der Waals surface area (Å²) in [4.78, 5) is 1.14. The minimum atomic E-state index is -0.0665. The van der Waals surface area contributed by atoms with Crippen molar-refractivity contribution in [2.45, 2.75) is 11.5 Å². The first kappa shape index (κ1) is 23.4. The third kappa shape index (κ3) is 4.77. The molecule has 0 aliphatic carbocycles. The van der Waals surface area contributed by atoms with Gasteiger partial charge in [0.2, 0.25) is 0 Å². The van der Waals surface area contributed by atoms with Gasteiger partial charge in [-0.15, -0.1) is 11.8 Å². The molecule has 0 fully saturated rings. The standard InChI is InChI=1S/C28H26O5S/c1-31-25-16-22(19-9-12-21(34-3)13-10-19)28(32-2)27(30)26(25)20-11-14-24(23(29)15-20)33-17-18-7-5-4-6-8-18/h4-16,29-30H,17H2,1-3H3. The SMILES string of the molecule is COc1cc(-c2ccc(SC)cc2)c(OC)c(O)c1-c1ccc(OCc2ccccc2)c(O)c1. The van der Waals surface area contributed by atoms with Gasteiger partial charge in [0.15, 0.2) is 23.0 Å². The van der Waals surface area contributed by atoms with Crippen molar-refractivity contribution in [2.24, 2.45) is 0 Å². The molecule has 0 radical (unpaired) electrons. The molecule has 0 unspecified atom stereocenters. The molecule has 34 heavy (non-hydrogen) atoms. The quantitative estimate of drug-likeness (QED) is 0.275. The number of phenolic OH excluding ortho intramolecular Hbond substituents is 2. The van der Waals surface area contributed by atoms with Crippen molar-refractivity contribution in [3.8, 4) is 51.0 Å². The Hall–Kier alpha value is -3.77. The Bertz CT molecular complexity index is 1270. The Morgan fingerprint density at radius 3 is 2.09 bits per heavy atom. The number of methoxy groups -OCH3 is 2. The van der Waals surface area contributed by atoms with Crippen LogP contribution in [0.3, 0.4) is 0 Å². The van der Waals surface area contributed by atoms with Gasteiger partial charge in [-0.1, -0.05) is 48.5 Å². The molecule has 0 amide bonds. The number of thioether (sulfide) groups is 1. The zero-order valence-electron chi connectivity index (χ0n) is 19.2. The molecule has 0 heterocycles. The van der Waals surface area contributed by atoms with Crippen LogP contribution in [0.15, 0.2) is 83.8 Å². The van der Waals surface area contributed by atoms with E-state index in [9.17, 15) is 10.2 Å². The summed E-state index contributed by atoms with van der Waals surface area (Å²) in [5.74, 6) is 1.04. The minimum Gasteiger partial charge on any atom is -0.504 e. The molecule has 2 N–H and O–H groups in total. The maximum atomic E-state index is 11.2. The van der Waals surface area contributed by atoms with Gasteiger partial charge in [-0.3, -0.25) is 0 Å². The number of aromatic hydroxyl groups is 2. The van der Waals surface area contributed by atoms with E-state index in [1.165, 1.54) is 7.11 Å². The highest BCUT2D eigenvalue weighted by molar-refractivity contribution is 7.98. The second-order valence-electron chi connectivity index (χ2n) is 7.57. The first-order valence-electron chi connectivity index (χ1n) is 10.7. The van der Waals surface area contributed by atoms with Crippen LogP contribution in [0.2, 0.25) is 0 Å². The average molecular weight is 475 g/mol. The van der Waals surface area contributed by atoms with E-state index in [2.05, 4.69) is 0 Å². The first-order valence-corrected chi connectivity index (χ1v) is 11.9. The van der Waals surface area contributed by atoms with Gasteiger partial charge in [0.1, 0.15) is 12.4 Å². The summed E-state index contributed by atoms with van der Waals surface area (Å²) in [6.45, 7) is 0.333. The van der Waals surface area contributed by atoms with E-state index in [0.29, 0.717) is 40.5 Å². The predicted octanol–water partition coefficient (Wildman–Crippen LogP) is 6.75. The number of phenols is 2. The molecule has 4 aromatic rings. The van der Waals surface area contributed by atoms with Crippen molar-refractivity contribution in [3.63, 3.8) is 0 Å². The third-order valence-corrected chi connectivity index (χ3v) is 6.27. The fraction of sp³-hybridized carbons (Fsp3) is 0.143. The Labute approximate surface area is 203 Å². The lowest BCUT2D eigenvalue weighted by molar-refractivity contribution is 0.289.